The van der Waals surface area contributed by atoms with E-state index in [0.29, 0.717) is 15.6 Å². The van der Waals surface area contributed by atoms with Crippen molar-refractivity contribution in [3.05, 3.63) is 33.8 Å². The standard InChI is InChI=1S/C12H17Cl2NO/c1-3-6-15-8(2)12(16)10-5-4-9(13)7-11(10)14/h4-5,7-8,12,15-16H,3,6H2,1-2H3. The monoisotopic (exact) mass is 261 g/mol. The van der Waals surface area contributed by atoms with E-state index in [2.05, 4.69) is 12.2 Å². The second kappa shape index (κ2) is 6.45. The van der Waals surface area contributed by atoms with Crippen molar-refractivity contribution < 1.29 is 5.11 Å². The van der Waals surface area contributed by atoms with Crippen LogP contribution in [0.15, 0.2) is 18.2 Å². The third kappa shape index (κ3) is 3.63. The second-order valence-corrected chi connectivity index (χ2v) is 4.70. The van der Waals surface area contributed by atoms with Gasteiger partial charge in [0.25, 0.3) is 0 Å². The fourth-order valence-electron chi connectivity index (χ4n) is 1.49. The third-order valence-corrected chi connectivity index (χ3v) is 3.03. The van der Waals surface area contributed by atoms with Crippen LogP contribution in [0.5, 0.6) is 0 Å². The summed E-state index contributed by atoms with van der Waals surface area (Å²) in [5.74, 6) is 0. The molecule has 0 fully saturated rings. The number of benzene rings is 1. The van der Waals surface area contributed by atoms with Crippen molar-refractivity contribution >= 4 is 23.2 Å². The van der Waals surface area contributed by atoms with E-state index in [-0.39, 0.29) is 6.04 Å². The molecule has 0 saturated carbocycles. The van der Waals surface area contributed by atoms with Gasteiger partial charge in [0, 0.05) is 21.7 Å². The Hall–Kier alpha value is -0.280. The van der Waals surface area contributed by atoms with E-state index in [1.165, 1.54) is 0 Å². The summed E-state index contributed by atoms with van der Waals surface area (Å²) in [5, 5.41) is 14.4. The summed E-state index contributed by atoms with van der Waals surface area (Å²) in [6.07, 6.45) is 0.419. The zero-order valence-electron chi connectivity index (χ0n) is 9.50. The molecular formula is C12H17Cl2NO. The maximum absolute atomic E-state index is 10.1. The lowest BCUT2D eigenvalue weighted by Gasteiger charge is -2.21. The number of aliphatic hydroxyl groups is 1. The summed E-state index contributed by atoms with van der Waals surface area (Å²) in [7, 11) is 0. The number of hydrogen-bond donors (Lipinski definition) is 2. The number of rotatable bonds is 5. The van der Waals surface area contributed by atoms with Crippen LogP contribution in [-0.4, -0.2) is 17.7 Å². The Morgan fingerprint density at radius 1 is 1.38 bits per heavy atom. The molecule has 2 atom stereocenters. The zero-order chi connectivity index (χ0) is 12.1. The molecule has 0 aliphatic heterocycles. The van der Waals surface area contributed by atoms with E-state index in [1.807, 2.05) is 6.92 Å². The van der Waals surface area contributed by atoms with Crippen LogP contribution in [0.4, 0.5) is 0 Å². The molecular weight excluding hydrogens is 245 g/mol. The minimum absolute atomic E-state index is 0.0291. The first kappa shape index (κ1) is 13.8. The zero-order valence-corrected chi connectivity index (χ0v) is 11.0. The molecule has 0 saturated heterocycles. The van der Waals surface area contributed by atoms with Gasteiger partial charge in [0.05, 0.1) is 6.10 Å². The quantitative estimate of drug-likeness (QED) is 0.852. The molecule has 0 radical (unpaired) electrons. The van der Waals surface area contributed by atoms with Crippen LogP contribution in [0.25, 0.3) is 0 Å². The molecule has 0 spiro atoms. The summed E-state index contributed by atoms with van der Waals surface area (Å²) in [6.45, 7) is 4.90. The van der Waals surface area contributed by atoms with E-state index in [9.17, 15) is 5.11 Å². The highest BCUT2D eigenvalue weighted by Gasteiger charge is 2.18. The maximum Gasteiger partial charge on any atom is 0.0954 e. The van der Waals surface area contributed by atoms with Gasteiger partial charge in [0.15, 0.2) is 0 Å². The Morgan fingerprint density at radius 2 is 2.06 bits per heavy atom. The Labute approximate surface area is 107 Å². The van der Waals surface area contributed by atoms with E-state index in [4.69, 9.17) is 23.2 Å². The van der Waals surface area contributed by atoms with Crippen molar-refractivity contribution in [3.63, 3.8) is 0 Å². The lowest BCUT2D eigenvalue weighted by atomic mass is 10.0. The molecule has 1 aromatic rings. The van der Waals surface area contributed by atoms with Gasteiger partial charge in [-0.25, -0.2) is 0 Å². The van der Waals surface area contributed by atoms with Crippen molar-refractivity contribution in [2.75, 3.05) is 6.54 Å². The number of nitrogens with one attached hydrogen (secondary N) is 1. The molecule has 2 nitrogen and oxygen atoms in total. The van der Waals surface area contributed by atoms with Crippen molar-refractivity contribution in [1.29, 1.82) is 0 Å². The Kier molecular flexibility index (Phi) is 5.56. The Balaban J connectivity index is 2.75. The van der Waals surface area contributed by atoms with Gasteiger partial charge in [-0.1, -0.05) is 36.2 Å². The summed E-state index contributed by atoms with van der Waals surface area (Å²) >= 11 is 11.8. The molecule has 0 aromatic heterocycles. The lowest BCUT2D eigenvalue weighted by molar-refractivity contribution is 0.136. The van der Waals surface area contributed by atoms with Crippen LogP contribution in [0.2, 0.25) is 10.0 Å². The number of hydrogen-bond acceptors (Lipinski definition) is 2. The normalized spacial score (nSPS) is 14.8. The van der Waals surface area contributed by atoms with Gasteiger partial charge in [-0.3, -0.25) is 0 Å². The van der Waals surface area contributed by atoms with Crippen LogP contribution in [0.1, 0.15) is 31.9 Å². The van der Waals surface area contributed by atoms with Crippen molar-refractivity contribution in [3.8, 4) is 0 Å². The van der Waals surface area contributed by atoms with Gasteiger partial charge in [0.2, 0.25) is 0 Å². The van der Waals surface area contributed by atoms with E-state index in [0.717, 1.165) is 13.0 Å². The topological polar surface area (TPSA) is 32.3 Å². The molecule has 0 aliphatic rings. The fraction of sp³-hybridized carbons (Fsp3) is 0.500. The maximum atomic E-state index is 10.1. The van der Waals surface area contributed by atoms with Crippen LogP contribution in [-0.2, 0) is 0 Å². The minimum atomic E-state index is -0.615. The van der Waals surface area contributed by atoms with Crippen molar-refractivity contribution in [2.24, 2.45) is 0 Å². The van der Waals surface area contributed by atoms with Crippen LogP contribution in [0.3, 0.4) is 0 Å². The SMILES string of the molecule is CCCNC(C)C(O)c1ccc(Cl)cc1Cl. The minimum Gasteiger partial charge on any atom is -0.387 e. The van der Waals surface area contributed by atoms with E-state index in [1.54, 1.807) is 18.2 Å². The van der Waals surface area contributed by atoms with Crippen LogP contribution in [0, 0.1) is 0 Å². The fourth-order valence-corrected chi connectivity index (χ4v) is 2.01. The van der Waals surface area contributed by atoms with Gasteiger partial charge in [-0.2, -0.15) is 0 Å². The highest BCUT2D eigenvalue weighted by atomic mass is 35.5. The van der Waals surface area contributed by atoms with Gasteiger partial charge >= 0.3 is 0 Å². The highest BCUT2D eigenvalue weighted by Crippen LogP contribution is 2.27. The lowest BCUT2D eigenvalue weighted by Crippen LogP contribution is -2.32. The summed E-state index contributed by atoms with van der Waals surface area (Å²) in [6, 6.07) is 5.12. The first-order valence-corrected chi connectivity index (χ1v) is 6.18. The molecule has 2 N–H and O–H groups in total. The Morgan fingerprint density at radius 3 is 2.62 bits per heavy atom. The first-order valence-electron chi connectivity index (χ1n) is 5.42. The highest BCUT2D eigenvalue weighted by molar-refractivity contribution is 6.35. The van der Waals surface area contributed by atoms with Crippen molar-refractivity contribution in [2.45, 2.75) is 32.4 Å². The van der Waals surface area contributed by atoms with Gasteiger partial charge in [-0.05, 0) is 32.0 Å². The molecule has 1 aromatic carbocycles. The van der Waals surface area contributed by atoms with Gasteiger partial charge in [0.1, 0.15) is 0 Å². The summed E-state index contributed by atoms with van der Waals surface area (Å²) in [5.41, 5.74) is 0.710. The average molecular weight is 262 g/mol. The number of aliphatic hydroxyl groups excluding tert-OH is 1. The summed E-state index contributed by atoms with van der Waals surface area (Å²) in [4.78, 5) is 0. The van der Waals surface area contributed by atoms with Gasteiger partial charge in [-0.15, -0.1) is 0 Å². The molecule has 1 rings (SSSR count). The molecule has 0 bridgehead atoms. The first-order chi connectivity index (χ1) is 7.56. The largest absolute Gasteiger partial charge is 0.387 e. The smallest absolute Gasteiger partial charge is 0.0954 e. The predicted molar refractivity (Wildman–Crippen MR) is 69.2 cm³/mol. The van der Waals surface area contributed by atoms with Crippen LogP contribution < -0.4 is 5.32 Å². The van der Waals surface area contributed by atoms with Crippen molar-refractivity contribution in [1.82, 2.24) is 5.32 Å². The summed E-state index contributed by atoms with van der Waals surface area (Å²) < 4.78 is 0. The molecule has 0 amide bonds. The molecule has 2 unspecified atom stereocenters. The number of halogens is 2. The average Bonchev–Trinajstić information content (AvgIpc) is 2.25. The van der Waals surface area contributed by atoms with Crippen LogP contribution >= 0.6 is 23.2 Å². The second-order valence-electron chi connectivity index (χ2n) is 3.85. The molecule has 0 heterocycles. The molecule has 0 aliphatic carbocycles. The van der Waals surface area contributed by atoms with Gasteiger partial charge < -0.3 is 10.4 Å². The molecule has 16 heavy (non-hydrogen) atoms. The predicted octanol–water partition coefficient (Wildman–Crippen LogP) is 3.41. The van der Waals surface area contributed by atoms with E-state index >= 15 is 0 Å². The molecule has 4 heteroatoms. The third-order valence-electron chi connectivity index (χ3n) is 2.47. The molecule has 90 valence electrons. The Bertz CT molecular complexity index is 344. The van der Waals surface area contributed by atoms with E-state index < -0.39 is 6.10 Å².